The first-order valence-corrected chi connectivity index (χ1v) is 14.0. The van der Waals surface area contributed by atoms with Gasteiger partial charge in [-0.2, -0.15) is 0 Å². The van der Waals surface area contributed by atoms with Crippen molar-refractivity contribution >= 4 is 33.2 Å². The van der Waals surface area contributed by atoms with Crippen LogP contribution in [0.25, 0.3) is 55.4 Å². The number of benzene rings is 5. The smallest absolute Gasteiger partial charge is 0.0378 e. The summed E-state index contributed by atoms with van der Waals surface area (Å²) in [6.07, 6.45) is 7.54. The minimum Gasteiger partial charge on any atom is -0.262 e. The third kappa shape index (κ3) is 3.97. The molecule has 0 saturated carbocycles. The van der Waals surface area contributed by atoms with Gasteiger partial charge in [-0.3, -0.25) is 4.98 Å². The third-order valence-corrected chi connectivity index (χ3v) is 8.26. The monoisotopic (exact) mass is 501 g/mol. The maximum Gasteiger partial charge on any atom is 0.0378 e. The summed E-state index contributed by atoms with van der Waals surface area (Å²) in [6.45, 7) is 4.31. The number of aromatic nitrogens is 1. The summed E-state index contributed by atoms with van der Waals surface area (Å²) < 4.78 is 0. The van der Waals surface area contributed by atoms with Crippen molar-refractivity contribution in [3.8, 4) is 22.3 Å². The van der Waals surface area contributed by atoms with E-state index in [-0.39, 0.29) is 0 Å². The molecule has 1 aliphatic rings. The normalized spacial score (nSPS) is 12.9. The Hall–Kier alpha value is -4.49. The molecule has 188 valence electrons. The fourth-order valence-corrected chi connectivity index (χ4v) is 6.52. The fourth-order valence-electron chi connectivity index (χ4n) is 6.52. The van der Waals surface area contributed by atoms with Crippen LogP contribution in [0.4, 0.5) is 0 Å². The van der Waals surface area contributed by atoms with Gasteiger partial charge < -0.3 is 0 Å². The van der Waals surface area contributed by atoms with Gasteiger partial charge in [0.15, 0.2) is 0 Å². The second kappa shape index (κ2) is 9.67. The van der Waals surface area contributed by atoms with Crippen molar-refractivity contribution in [1.82, 2.24) is 4.98 Å². The van der Waals surface area contributed by atoms with Gasteiger partial charge in [-0.15, -0.1) is 0 Å². The summed E-state index contributed by atoms with van der Waals surface area (Å²) in [4.78, 5) is 4.40. The molecule has 0 saturated heterocycles. The standard InChI is InChI=1S/C38H31N/c1-3-26-11-9-19-31-30(26)18-10-20-32(31)38-35-16-6-4-14-33(35)37(34-15-5-7-17-36(34)38)29-13-8-12-27(24-29)28-21-22-39-25(2)23-28/h4-9,11-19,21-24H,3,10,20H2,1-2H3. The lowest BCUT2D eigenvalue weighted by atomic mass is 9.82. The Morgan fingerprint density at radius 1 is 0.641 bits per heavy atom. The van der Waals surface area contributed by atoms with Gasteiger partial charge in [0, 0.05) is 11.9 Å². The first-order chi connectivity index (χ1) is 19.2. The Bertz CT molecular complexity index is 1950. The van der Waals surface area contributed by atoms with E-state index in [1.807, 2.05) is 6.20 Å². The molecule has 1 heteroatoms. The quantitative estimate of drug-likeness (QED) is 0.221. The fraction of sp³-hybridized carbons (Fsp3) is 0.132. The van der Waals surface area contributed by atoms with Crippen LogP contribution in [-0.2, 0) is 6.42 Å². The molecule has 0 unspecified atom stereocenters. The highest BCUT2D eigenvalue weighted by molar-refractivity contribution is 6.18. The SMILES string of the molecule is CCc1cccc2c1=CCCC=2c1c2ccccc2c(-c2cccc(-c3ccnc(C)c3)c2)c2ccccc12. The molecule has 5 aromatic carbocycles. The van der Waals surface area contributed by atoms with E-state index in [1.54, 1.807) is 0 Å². The average Bonchev–Trinajstić information content (AvgIpc) is 2.99. The molecule has 6 aromatic rings. The molecule has 0 N–H and O–H groups in total. The Kier molecular flexibility index (Phi) is 5.86. The molecule has 1 aromatic heterocycles. The zero-order valence-corrected chi connectivity index (χ0v) is 22.5. The lowest BCUT2D eigenvalue weighted by Gasteiger charge is -2.21. The average molecular weight is 502 g/mol. The molecule has 1 nitrogen and oxygen atoms in total. The van der Waals surface area contributed by atoms with Gasteiger partial charge in [-0.25, -0.2) is 0 Å². The van der Waals surface area contributed by atoms with Crippen molar-refractivity contribution in [3.05, 3.63) is 137 Å². The van der Waals surface area contributed by atoms with Gasteiger partial charge in [0.2, 0.25) is 0 Å². The van der Waals surface area contributed by atoms with Crippen LogP contribution < -0.4 is 10.4 Å². The van der Waals surface area contributed by atoms with Crippen molar-refractivity contribution in [2.75, 3.05) is 0 Å². The van der Waals surface area contributed by atoms with Crippen LogP contribution in [0.1, 0.15) is 36.6 Å². The van der Waals surface area contributed by atoms with E-state index in [4.69, 9.17) is 0 Å². The summed E-state index contributed by atoms with van der Waals surface area (Å²) in [5.41, 5.74) is 10.3. The number of hydrogen-bond donors (Lipinski definition) is 0. The molecular weight excluding hydrogens is 470 g/mol. The van der Waals surface area contributed by atoms with E-state index < -0.39 is 0 Å². The van der Waals surface area contributed by atoms with Crippen molar-refractivity contribution < 1.29 is 0 Å². The maximum absolute atomic E-state index is 4.40. The van der Waals surface area contributed by atoms with E-state index in [0.29, 0.717) is 0 Å². The van der Waals surface area contributed by atoms with Crippen LogP contribution in [0, 0.1) is 6.92 Å². The molecule has 1 aliphatic carbocycles. The summed E-state index contributed by atoms with van der Waals surface area (Å²) in [5.74, 6) is 0. The minimum atomic E-state index is 1.03. The second-order valence-electron chi connectivity index (χ2n) is 10.6. The molecule has 39 heavy (non-hydrogen) atoms. The zero-order chi connectivity index (χ0) is 26.3. The van der Waals surface area contributed by atoms with Gasteiger partial charge in [-0.05, 0) is 115 Å². The zero-order valence-electron chi connectivity index (χ0n) is 22.5. The van der Waals surface area contributed by atoms with E-state index in [1.165, 1.54) is 70.9 Å². The van der Waals surface area contributed by atoms with Gasteiger partial charge in [0.05, 0.1) is 0 Å². The number of hydrogen-bond acceptors (Lipinski definition) is 1. The summed E-state index contributed by atoms with van der Waals surface area (Å²) in [6, 6.07) is 38.1. The highest BCUT2D eigenvalue weighted by Gasteiger charge is 2.19. The number of rotatable bonds is 4. The van der Waals surface area contributed by atoms with Crippen LogP contribution in [0.15, 0.2) is 109 Å². The molecule has 0 atom stereocenters. The molecule has 0 spiro atoms. The Balaban J connectivity index is 1.58. The van der Waals surface area contributed by atoms with Crippen LogP contribution in [-0.4, -0.2) is 4.98 Å². The number of fused-ring (bicyclic) bond motifs is 3. The first-order valence-electron chi connectivity index (χ1n) is 14.0. The lowest BCUT2D eigenvalue weighted by molar-refractivity contribution is 1.05. The largest absolute Gasteiger partial charge is 0.262 e. The number of pyridine rings is 1. The van der Waals surface area contributed by atoms with Crippen molar-refractivity contribution in [1.29, 1.82) is 0 Å². The van der Waals surface area contributed by atoms with E-state index >= 15 is 0 Å². The van der Waals surface area contributed by atoms with Crippen LogP contribution in [0.3, 0.4) is 0 Å². The maximum atomic E-state index is 4.40. The summed E-state index contributed by atoms with van der Waals surface area (Å²) in [5, 5.41) is 8.12. The van der Waals surface area contributed by atoms with Crippen molar-refractivity contribution in [3.63, 3.8) is 0 Å². The third-order valence-electron chi connectivity index (χ3n) is 8.26. The van der Waals surface area contributed by atoms with Gasteiger partial charge in [-0.1, -0.05) is 97.9 Å². The lowest BCUT2D eigenvalue weighted by Crippen LogP contribution is -2.33. The van der Waals surface area contributed by atoms with Crippen molar-refractivity contribution in [2.45, 2.75) is 33.1 Å². The Labute approximate surface area is 229 Å². The molecule has 0 bridgehead atoms. The van der Waals surface area contributed by atoms with Gasteiger partial charge in [0.25, 0.3) is 0 Å². The topological polar surface area (TPSA) is 12.9 Å². The second-order valence-corrected chi connectivity index (χ2v) is 10.6. The number of aryl methyl sites for hydroxylation is 2. The summed E-state index contributed by atoms with van der Waals surface area (Å²) in [7, 11) is 0. The van der Waals surface area contributed by atoms with Gasteiger partial charge >= 0.3 is 0 Å². The highest BCUT2D eigenvalue weighted by atomic mass is 14.6. The molecule has 1 heterocycles. The molecule has 0 radical (unpaired) electrons. The molecule has 0 aliphatic heterocycles. The van der Waals surface area contributed by atoms with E-state index in [0.717, 1.165) is 25.0 Å². The molecule has 0 fully saturated rings. The van der Waals surface area contributed by atoms with Crippen LogP contribution >= 0.6 is 0 Å². The predicted octanol–water partition coefficient (Wildman–Crippen LogP) is 8.37. The summed E-state index contributed by atoms with van der Waals surface area (Å²) >= 11 is 0. The Morgan fingerprint density at radius 2 is 1.28 bits per heavy atom. The van der Waals surface area contributed by atoms with E-state index in [2.05, 4.69) is 128 Å². The Morgan fingerprint density at radius 3 is 1.97 bits per heavy atom. The van der Waals surface area contributed by atoms with Crippen LogP contribution in [0.5, 0.6) is 0 Å². The molecular formula is C38H31N. The molecule has 0 amide bonds. The van der Waals surface area contributed by atoms with Crippen LogP contribution in [0.2, 0.25) is 0 Å². The number of nitrogens with zero attached hydrogens (tertiary/aromatic N) is 1. The highest BCUT2D eigenvalue weighted by Crippen LogP contribution is 2.43. The molecule has 7 rings (SSSR count). The predicted molar refractivity (Wildman–Crippen MR) is 166 cm³/mol. The van der Waals surface area contributed by atoms with E-state index in [9.17, 15) is 0 Å². The first kappa shape index (κ1) is 23.6. The van der Waals surface area contributed by atoms with Crippen molar-refractivity contribution in [2.24, 2.45) is 0 Å². The minimum absolute atomic E-state index is 1.03. The van der Waals surface area contributed by atoms with Gasteiger partial charge in [0.1, 0.15) is 0 Å².